The minimum Gasteiger partial charge on any atom is -0.388 e. The van der Waals surface area contributed by atoms with Crippen molar-refractivity contribution < 1.29 is 18.7 Å². The number of carbonyl (C=O) groups excluding carboxylic acids is 1. The van der Waals surface area contributed by atoms with Crippen molar-refractivity contribution in [3.05, 3.63) is 77.9 Å². The van der Waals surface area contributed by atoms with Gasteiger partial charge in [0.15, 0.2) is 0 Å². The van der Waals surface area contributed by atoms with E-state index in [-0.39, 0.29) is 13.0 Å². The molecule has 1 atom stereocenters. The Labute approximate surface area is 149 Å². The molecule has 4 nitrogen and oxygen atoms in total. The van der Waals surface area contributed by atoms with E-state index in [2.05, 4.69) is 10.6 Å². The van der Waals surface area contributed by atoms with Crippen LogP contribution in [0.5, 0.6) is 0 Å². The van der Waals surface area contributed by atoms with Crippen LogP contribution < -0.4 is 10.6 Å². The monoisotopic (exact) mass is 356 g/mol. The van der Waals surface area contributed by atoms with Crippen molar-refractivity contribution in [2.45, 2.75) is 12.5 Å². The summed E-state index contributed by atoms with van der Waals surface area (Å²) in [6.07, 6.45) is -0.507. The van der Waals surface area contributed by atoms with Gasteiger partial charge < -0.3 is 15.7 Å². The second kappa shape index (κ2) is 7.93. The van der Waals surface area contributed by atoms with E-state index in [4.69, 9.17) is 0 Å². The first-order chi connectivity index (χ1) is 12.6. The van der Waals surface area contributed by atoms with Crippen molar-refractivity contribution in [1.82, 2.24) is 5.32 Å². The number of hydrogen-bond acceptors (Lipinski definition) is 2. The van der Waals surface area contributed by atoms with E-state index < -0.39 is 29.5 Å². The lowest BCUT2D eigenvalue weighted by Gasteiger charge is -2.15. The molecule has 134 valence electrons. The maximum absolute atomic E-state index is 13.5. The molecule has 0 spiro atoms. The average molecular weight is 356 g/mol. The molecule has 3 aromatic carbocycles. The van der Waals surface area contributed by atoms with E-state index in [9.17, 15) is 18.7 Å². The molecule has 26 heavy (non-hydrogen) atoms. The lowest BCUT2D eigenvalue weighted by molar-refractivity contribution is 0.169. The molecule has 0 radical (unpaired) electrons. The zero-order chi connectivity index (χ0) is 18.5. The number of para-hydroxylation sites is 1. The predicted octanol–water partition coefficient (Wildman–Crippen LogP) is 4.36. The topological polar surface area (TPSA) is 61.4 Å². The molecule has 0 saturated carbocycles. The molecule has 6 heteroatoms. The van der Waals surface area contributed by atoms with Crippen LogP contribution in [0.25, 0.3) is 10.8 Å². The Balaban J connectivity index is 1.58. The Bertz CT molecular complexity index is 905. The van der Waals surface area contributed by atoms with Gasteiger partial charge in [0.1, 0.15) is 17.3 Å². The Morgan fingerprint density at radius 3 is 2.38 bits per heavy atom. The number of rotatable bonds is 5. The van der Waals surface area contributed by atoms with Gasteiger partial charge in [0.25, 0.3) is 0 Å². The first-order valence-corrected chi connectivity index (χ1v) is 8.21. The van der Waals surface area contributed by atoms with Crippen molar-refractivity contribution in [3.8, 4) is 0 Å². The molecule has 3 rings (SSSR count). The molecule has 0 fully saturated rings. The highest BCUT2D eigenvalue weighted by Crippen LogP contribution is 2.25. The Hall–Kier alpha value is -2.99. The van der Waals surface area contributed by atoms with E-state index in [1.165, 1.54) is 6.07 Å². The normalized spacial score (nSPS) is 12.0. The summed E-state index contributed by atoms with van der Waals surface area (Å²) in [5, 5.41) is 17.0. The maximum Gasteiger partial charge on any atom is 0.319 e. The summed E-state index contributed by atoms with van der Waals surface area (Å²) in [5.41, 5.74) is 0.269. The summed E-state index contributed by atoms with van der Waals surface area (Å²) < 4.78 is 27.0. The number of carbonyl (C=O) groups is 1. The number of aliphatic hydroxyl groups is 1. The van der Waals surface area contributed by atoms with Crippen LogP contribution in [0.2, 0.25) is 0 Å². The van der Waals surface area contributed by atoms with Gasteiger partial charge in [0, 0.05) is 6.54 Å². The highest BCUT2D eigenvalue weighted by molar-refractivity contribution is 5.89. The highest BCUT2D eigenvalue weighted by Gasteiger charge is 2.13. The van der Waals surface area contributed by atoms with Gasteiger partial charge in [0.05, 0.1) is 6.10 Å². The Morgan fingerprint density at radius 2 is 1.62 bits per heavy atom. The van der Waals surface area contributed by atoms with Gasteiger partial charge in [-0.1, -0.05) is 48.5 Å². The number of benzene rings is 3. The summed E-state index contributed by atoms with van der Waals surface area (Å²) in [7, 11) is 0. The number of hydrogen-bond donors (Lipinski definition) is 3. The van der Waals surface area contributed by atoms with Crippen LogP contribution >= 0.6 is 0 Å². The fraction of sp³-hybridized carbons (Fsp3) is 0.150. The molecule has 0 saturated heterocycles. The standard InChI is InChI=1S/C20H18F2N2O2/c21-16-9-4-10-17(22)19(16)24-20(26)23-12-11-18(25)15-8-3-6-13-5-1-2-7-14(13)15/h1-10,18,25H,11-12H2,(H2,23,24,26)/t18-/m1/s1. The minimum absolute atomic E-state index is 0.145. The van der Waals surface area contributed by atoms with Gasteiger partial charge in [-0.2, -0.15) is 0 Å². The van der Waals surface area contributed by atoms with Crippen LogP contribution in [-0.4, -0.2) is 17.7 Å². The summed E-state index contributed by atoms with van der Waals surface area (Å²) >= 11 is 0. The molecular weight excluding hydrogens is 338 g/mol. The van der Waals surface area contributed by atoms with E-state index >= 15 is 0 Å². The quantitative estimate of drug-likeness (QED) is 0.636. The molecule has 2 amide bonds. The summed E-state index contributed by atoms with van der Waals surface area (Å²) in [6.45, 7) is 0.145. The summed E-state index contributed by atoms with van der Waals surface area (Å²) in [5.74, 6) is -1.70. The first-order valence-electron chi connectivity index (χ1n) is 8.21. The third-order valence-corrected chi connectivity index (χ3v) is 4.09. The van der Waals surface area contributed by atoms with Crippen LogP contribution in [0, 0.1) is 11.6 Å². The number of halogens is 2. The molecule has 0 aromatic heterocycles. The van der Waals surface area contributed by atoms with Crippen molar-refractivity contribution >= 4 is 22.5 Å². The van der Waals surface area contributed by atoms with Crippen molar-refractivity contribution in [2.75, 3.05) is 11.9 Å². The molecule has 0 heterocycles. The molecule has 3 aromatic rings. The SMILES string of the molecule is O=C(NCC[C@@H](O)c1cccc2ccccc12)Nc1c(F)cccc1F. The predicted molar refractivity (Wildman–Crippen MR) is 96.9 cm³/mol. The van der Waals surface area contributed by atoms with Gasteiger partial charge in [-0.05, 0) is 34.9 Å². The van der Waals surface area contributed by atoms with E-state index in [0.29, 0.717) is 0 Å². The number of fused-ring (bicyclic) bond motifs is 1. The van der Waals surface area contributed by atoms with Crippen molar-refractivity contribution in [2.24, 2.45) is 0 Å². The van der Waals surface area contributed by atoms with Crippen molar-refractivity contribution in [3.63, 3.8) is 0 Å². The van der Waals surface area contributed by atoms with Crippen LogP contribution in [0.4, 0.5) is 19.3 Å². The zero-order valence-corrected chi connectivity index (χ0v) is 13.9. The fourth-order valence-corrected chi connectivity index (χ4v) is 2.79. The second-order valence-electron chi connectivity index (χ2n) is 5.85. The second-order valence-corrected chi connectivity index (χ2v) is 5.85. The van der Waals surface area contributed by atoms with Crippen LogP contribution in [0.1, 0.15) is 18.1 Å². The lowest BCUT2D eigenvalue weighted by Crippen LogP contribution is -2.31. The third-order valence-electron chi connectivity index (χ3n) is 4.09. The highest BCUT2D eigenvalue weighted by atomic mass is 19.1. The molecule has 0 aliphatic heterocycles. The Morgan fingerprint density at radius 1 is 0.962 bits per heavy atom. The molecular formula is C20H18F2N2O2. The number of nitrogens with one attached hydrogen (secondary N) is 2. The third kappa shape index (κ3) is 3.97. The maximum atomic E-state index is 13.5. The number of anilines is 1. The first kappa shape index (κ1) is 17.8. The van der Waals surface area contributed by atoms with Gasteiger partial charge in [-0.15, -0.1) is 0 Å². The molecule has 0 unspecified atom stereocenters. The molecule has 0 bridgehead atoms. The Kier molecular flexibility index (Phi) is 5.43. The van der Waals surface area contributed by atoms with Crippen LogP contribution in [0.3, 0.4) is 0 Å². The smallest absolute Gasteiger partial charge is 0.319 e. The van der Waals surface area contributed by atoms with Gasteiger partial charge >= 0.3 is 6.03 Å². The van der Waals surface area contributed by atoms with Gasteiger partial charge in [-0.25, -0.2) is 13.6 Å². The van der Waals surface area contributed by atoms with Crippen molar-refractivity contribution in [1.29, 1.82) is 0 Å². The summed E-state index contributed by atoms with van der Waals surface area (Å²) in [6, 6.07) is 16.0. The molecule has 3 N–H and O–H groups in total. The van der Waals surface area contributed by atoms with Gasteiger partial charge in [0.2, 0.25) is 0 Å². The average Bonchev–Trinajstić information content (AvgIpc) is 2.64. The lowest BCUT2D eigenvalue weighted by atomic mass is 9.99. The number of urea groups is 1. The van der Waals surface area contributed by atoms with Crippen LogP contribution in [0.15, 0.2) is 60.7 Å². The minimum atomic E-state index is -0.851. The van der Waals surface area contributed by atoms with Gasteiger partial charge in [-0.3, -0.25) is 0 Å². The molecule has 0 aliphatic carbocycles. The van der Waals surface area contributed by atoms with E-state index in [1.807, 2.05) is 42.5 Å². The van der Waals surface area contributed by atoms with E-state index in [0.717, 1.165) is 28.5 Å². The summed E-state index contributed by atoms with van der Waals surface area (Å²) in [4.78, 5) is 11.8. The molecule has 0 aliphatic rings. The fourth-order valence-electron chi connectivity index (χ4n) is 2.79. The zero-order valence-electron chi connectivity index (χ0n) is 13.9. The number of amides is 2. The largest absolute Gasteiger partial charge is 0.388 e. The van der Waals surface area contributed by atoms with E-state index in [1.54, 1.807) is 0 Å². The number of aliphatic hydroxyl groups excluding tert-OH is 1. The van der Waals surface area contributed by atoms with Crippen LogP contribution in [-0.2, 0) is 0 Å².